The zero-order valence-corrected chi connectivity index (χ0v) is 25.5. The minimum absolute atomic E-state index is 0.0513. The minimum Gasteiger partial charge on any atom is -0.354 e. The van der Waals surface area contributed by atoms with E-state index in [-0.39, 0.29) is 29.0 Å². The van der Waals surface area contributed by atoms with E-state index < -0.39 is 28.5 Å². The molecule has 1 N–H and O–H groups in total. The van der Waals surface area contributed by atoms with Gasteiger partial charge in [0.25, 0.3) is 10.0 Å². The fraction of sp³-hybridized carbons (Fsp3) is 0.355. The SMILES string of the molecule is Cc1ccc(CN(C(=O)CN(c2ccc(C)c(Cl)c2)S(=O)(=O)c2ccc(C)cc2)[C@@H](C)C(=O)NCC(C)C)cc1. The van der Waals surface area contributed by atoms with Crippen molar-refractivity contribution in [1.82, 2.24) is 10.2 Å². The number of rotatable bonds is 11. The van der Waals surface area contributed by atoms with Crippen LogP contribution in [-0.4, -0.2) is 44.3 Å². The van der Waals surface area contributed by atoms with Gasteiger partial charge < -0.3 is 10.2 Å². The molecular formula is C31H38ClN3O4S. The van der Waals surface area contributed by atoms with E-state index in [0.29, 0.717) is 11.6 Å². The highest BCUT2D eigenvalue weighted by Crippen LogP contribution is 2.29. The number of hydrogen-bond donors (Lipinski definition) is 1. The molecule has 3 rings (SSSR count). The van der Waals surface area contributed by atoms with Gasteiger partial charge in [-0.2, -0.15) is 0 Å². The Labute approximate surface area is 243 Å². The van der Waals surface area contributed by atoms with Crippen molar-refractivity contribution in [3.8, 4) is 0 Å². The van der Waals surface area contributed by atoms with E-state index in [1.165, 1.54) is 17.0 Å². The van der Waals surface area contributed by atoms with Gasteiger partial charge in [0.2, 0.25) is 11.8 Å². The number of carbonyl (C=O) groups is 2. The second-order valence-corrected chi connectivity index (χ2v) is 12.8. The average molecular weight is 584 g/mol. The maximum absolute atomic E-state index is 14.0. The fourth-order valence-corrected chi connectivity index (χ4v) is 5.61. The summed E-state index contributed by atoms with van der Waals surface area (Å²) in [5, 5.41) is 3.27. The molecule has 3 aromatic carbocycles. The quantitative estimate of drug-likeness (QED) is 0.316. The van der Waals surface area contributed by atoms with Crippen molar-refractivity contribution < 1.29 is 18.0 Å². The Balaban J connectivity index is 2.03. The summed E-state index contributed by atoms with van der Waals surface area (Å²) in [5.74, 6) is -0.584. The minimum atomic E-state index is -4.15. The molecule has 2 amide bonds. The summed E-state index contributed by atoms with van der Waals surface area (Å²) < 4.78 is 28.9. The van der Waals surface area contributed by atoms with E-state index in [2.05, 4.69) is 5.32 Å². The molecule has 0 bridgehead atoms. The number of hydrogen-bond acceptors (Lipinski definition) is 4. The summed E-state index contributed by atoms with van der Waals surface area (Å²) in [7, 11) is -4.15. The van der Waals surface area contributed by atoms with E-state index in [9.17, 15) is 18.0 Å². The molecule has 0 aromatic heterocycles. The molecule has 0 radical (unpaired) electrons. The van der Waals surface area contributed by atoms with Crippen molar-refractivity contribution >= 4 is 39.1 Å². The van der Waals surface area contributed by atoms with E-state index in [1.54, 1.807) is 37.3 Å². The van der Waals surface area contributed by atoms with Gasteiger partial charge >= 0.3 is 0 Å². The number of carbonyl (C=O) groups excluding carboxylic acids is 2. The van der Waals surface area contributed by atoms with Crippen molar-refractivity contribution in [3.05, 3.63) is 94.0 Å². The Morgan fingerprint density at radius 1 is 0.875 bits per heavy atom. The highest BCUT2D eigenvalue weighted by molar-refractivity contribution is 7.92. The van der Waals surface area contributed by atoms with Crippen molar-refractivity contribution in [3.63, 3.8) is 0 Å². The molecule has 0 fully saturated rings. The second kappa shape index (κ2) is 13.3. The topological polar surface area (TPSA) is 86.8 Å². The molecule has 0 aliphatic rings. The summed E-state index contributed by atoms with van der Waals surface area (Å²) in [5.41, 5.74) is 3.84. The normalized spacial score (nSPS) is 12.2. The molecule has 0 heterocycles. The third-order valence-corrected chi connectivity index (χ3v) is 8.85. The molecule has 0 aliphatic carbocycles. The lowest BCUT2D eigenvalue weighted by molar-refractivity contribution is -0.139. The molecule has 7 nitrogen and oxygen atoms in total. The molecule has 0 saturated heterocycles. The first-order valence-electron chi connectivity index (χ1n) is 13.3. The standard InChI is InChI=1S/C31H38ClN3O4S/c1-21(2)18-33-31(37)25(6)34(19-26-12-7-22(3)8-13-26)30(36)20-35(27-14-11-24(5)29(32)17-27)40(38,39)28-15-9-23(4)10-16-28/h7-17,21,25H,18-20H2,1-6H3,(H,33,37)/t25-/m0/s1. The summed E-state index contributed by atoms with van der Waals surface area (Å²) in [4.78, 5) is 28.5. The third kappa shape index (κ3) is 7.86. The van der Waals surface area contributed by atoms with Gasteiger partial charge in [-0.15, -0.1) is 0 Å². The van der Waals surface area contributed by atoms with Gasteiger partial charge in [0.05, 0.1) is 10.6 Å². The Morgan fingerprint density at radius 3 is 2.00 bits per heavy atom. The lowest BCUT2D eigenvalue weighted by Crippen LogP contribution is -2.51. The second-order valence-electron chi connectivity index (χ2n) is 10.6. The predicted octanol–water partition coefficient (Wildman–Crippen LogP) is 5.65. The first-order chi connectivity index (χ1) is 18.8. The van der Waals surface area contributed by atoms with Crippen LogP contribution in [0.3, 0.4) is 0 Å². The Bertz CT molecular complexity index is 1440. The molecule has 0 spiro atoms. The van der Waals surface area contributed by atoms with Crippen LogP contribution in [0.5, 0.6) is 0 Å². The van der Waals surface area contributed by atoms with Gasteiger partial charge in [0.15, 0.2) is 0 Å². The van der Waals surface area contributed by atoms with Crippen molar-refractivity contribution in [2.45, 2.75) is 59.0 Å². The highest BCUT2D eigenvalue weighted by Gasteiger charge is 2.32. The molecule has 0 unspecified atom stereocenters. The Morgan fingerprint density at radius 2 is 1.45 bits per heavy atom. The zero-order valence-electron chi connectivity index (χ0n) is 23.9. The first kappa shape index (κ1) is 31.2. The highest BCUT2D eigenvalue weighted by atomic mass is 35.5. The number of nitrogens with one attached hydrogen (secondary N) is 1. The summed E-state index contributed by atoms with van der Waals surface area (Å²) >= 11 is 6.38. The van der Waals surface area contributed by atoms with E-state index in [1.807, 2.05) is 58.9 Å². The number of aryl methyl sites for hydroxylation is 3. The van der Waals surface area contributed by atoms with Crippen LogP contribution in [0.25, 0.3) is 0 Å². The molecule has 0 saturated carbocycles. The lowest BCUT2D eigenvalue weighted by Gasteiger charge is -2.32. The first-order valence-corrected chi connectivity index (χ1v) is 15.1. The van der Waals surface area contributed by atoms with Crippen LogP contribution in [0, 0.1) is 26.7 Å². The van der Waals surface area contributed by atoms with E-state index in [4.69, 9.17) is 11.6 Å². The number of anilines is 1. The number of nitrogens with zero attached hydrogens (tertiary/aromatic N) is 2. The van der Waals surface area contributed by atoms with Crippen molar-refractivity contribution in [2.75, 3.05) is 17.4 Å². The average Bonchev–Trinajstić information content (AvgIpc) is 2.91. The lowest BCUT2D eigenvalue weighted by atomic mass is 10.1. The summed E-state index contributed by atoms with van der Waals surface area (Å²) in [6, 6.07) is 18.2. The Hall–Kier alpha value is -3.36. The largest absolute Gasteiger partial charge is 0.354 e. The monoisotopic (exact) mass is 583 g/mol. The van der Waals surface area contributed by atoms with Crippen LogP contribution in [0.2, 0.25) is 5.02 Å². The maximum Gasteiger partial charge on any atom is 0.264 e. The summed E-state index contributed by atoms with van der Waals surface area (Å²) in [6.45, 7) is 11.4. The number of halogens is 1. The number of sulfonamides is 1. The van der Waals surface area contributed by atoms with E-state index >= 15 is 0 Å². The zero-order chi connectivity index (χ0) is 29.6. The van der Waals surface area contributed by atoms with Crippen LogP contribution in [0.4, 0.5) is 5.69 Å². The molecule has 214 valence electrons. The van der Waals surface area contributed by atoms with Crippen LogP contribution in [-0.2, 0) is 26.2 Å². The smallest absolute Gasteiger partial charge is 0.264 e. The molecule has 1 atom stereocenters. The van der Waals surface area contributed by atoms with Crippen molar-refractivity contribution in [2.24, 2.45) is 5.92 Å². The van der Waals surface area contributed by atoms with Crippen LogP contribution < -0.4 is 9.62 Å². The summed E-state index contributed by atoms with van der Waals surface area (Å²) in [6.07, 6.45) is 0. The van der Waals surface area contributed by atoms with Gasteiger partial charge in [0.1, 0.15) is 12.6 Å². The number of amides is 2. The van der Waals surface area contributed by atoms with E-state index in [0.717, 1.165) is 26.6 Å². The molecule has 0 aliphatic heterocycles. The Kier molecular flexibility index (Phi) is 10.4. The third-order valence-electron chi connectivity index (χ3n) is 6.66. The van der Waals surface area contributed by atoms with Gasteiger partial charge in [0, 0.05) is 18.1 Å². The number of benzene rings is 3. The predicted molar refractivity (Wildman–Crippen MR) is 161 cm³/mol. The van der Waals surface area contributed by atoms with Crippen LogP contribution >= 0.6 is 11.6 Å². The van der Waals surface area contributed by atoms with Gasteiger partial charge in [-0.25, -0.2) is 8.42 Å². The molecule has 3 aromatic rings. The molecule has 9 heteroatoms. The maximum atomic E-state index is 14.0. The van der Waals surface area contributed by atoms with Gasteiger partial charge in [-0.1, -0.05) is 79.0 Å². The fourth-order valence-electron chi connectivity index (χ4n) is 4.03. The molecule has 40 heavy (non-hydrogen) atoms. The van der Waals surface area contributed by atoms with Crippen LogP contribution in [0.1, 0.15) is 43.0 Å². The molecular weight excluding hydrogens is 546 g/mol. The van der Waals surface area contributed by atoms with Gasteiger partial charge in [-0.05, 0) is 69.0 Å². The van der Waals surface area contributed by atoms with Crippen LogP contribution in [0.15, 0.2) is 71.6 Å². The van der Waals surface area contributed by atoms with Crippen molar-refractivity contribution in [1.29, 1.82) is 0 Å². The van der Waals surface area contributed by atoms with Gasteiger partial charge in [-0.3, -0.25) is 13.9 Å².